The molecule has 0 spiro atoms. The van der Waals surface area contributed by atoms with Crippen LogP contribution < -0.4 is 10.1 Å². The minimum atomic E-state index is -0.327. The van der Waals surface area contributed by atoms with Gasteiger partial charge in [-0.2, -0.15) is 0 Å². The molecule has 174 valence electrons. The summed E-state index contributed by atoms with van der Waals surface area (Å²) in [6, 6.07) is 21.1. The molecule has 0 atom stereocenters. The molecule has 1 N–H and O–H groups in total. The van der Waals surface area contributed by atoms with Crippen molar-refractivity contribution >= 4 is 33.8 Å². The maximum absolute atomic E-state index is 13.6. The number of methoxy groups -OCH3 is 1. The normalized spacial score (nSPS) is 17.0. The van der Waals surface area contributed by atoms with Crippen molar-refractivity contribution in [2.75, 3.05) is 51.8 Å². The molecule has 0 radical (unpaired) electrons. The topological polar surface area (TPSA) is 71.1 Å². The molecule has 0 aromatic heterocycles. The third-order valence-electron chi connectivity index (χ3n) is 6.34. The number of carbonyl (C=O) groups excluding carboxylic acids is 2. The number of imide groups is 1. The van der Waals surface area contributed by atoms with Gasteiger partial charge in [0, 0.05) is 42.8 Å². The summed E-state index contributed by atoms with van der Waals surface area (Å²) in [7, 11) is 1.56. The molecule has 0 bridgehead atoms. The molecule has 0 aliphatic carbocycles. The predicted molar refractivity (Wildman–Crippen MR) is 131 cm³/mol. The Labute approximate surface area is 198 Å². The van der Waals surface area contributed by atoms with Gasteiger partial charge in [0.05, 0.1) is 25.9 Å². The first-order valence-electron chi connectivity index (χ1n) is 11.5. The van der Waals surface area contributed by atoms with Gasteiger partial charge in [-0.3, -0.25) is 19.4 Å². The number of hydrogen-bond acceptors (Lipinski definition) is 6. The summed E-state index contributed by atoms with van der Waals surface area (Å²) >= 11 is 0. The van der Waals surface area contributed by atoms with Gasteiger partial charge in [-0.05, 0) is 17.5 Å². The summed E-state index contributed by atoms with van der Waals surface area (Å²) in [5.41, 5.74) is 1.97. The van der Waals surface area contributed by atoms with Gasteiger partial charge >= 0.3 is 0 Å². The summed E-state index contributed by atoms with van der Waals surface area (Å²) in [4.78, 5) is 30.8. The van der Waals surface area contributed by atoms with Crippen molar-refractivity contribution in [1.82, 2.24) is 9.80 Å². The van der Waals surface area contributed by atoms with Crippen LogP contribution in [-0.4, -0.2) is 68.1 Å². The third kappa shape index (κ3) is 4.16. The number of rotatable bonds is 7. The van der Waals surface area contributed by atoms with Crippen LogP contribution in [0.15, 0.2) is 72.4 Å². The monoisotopic (exact) mass is 457 g/mol. The Bertz CT molecular complexity index is 1260. The molecule has 7 nitrogen and oxygen atoms in total. The number of ether oxygens (including phenoxy) is 2. The average molecular weight is 458 g/mol. The van der Waals surface area contributed by atoms with Gasteiger partial charge in [0.25, 0.3) is 11.8 Å². The number of nitrogens with zero attached hydrogens (tertiary/aromatic N) is 2. The molecule has 2 aliphatic heterocycles. The molecule has 7 heteroatoms. The van der Waals surface area contributed by atoms with E-state index in [0.29, 0.717) is 43.2 Å². The molecule has 2 heterocycles. The van der Waals surface area contributed by atoms with Gasteiger partial charge in [-0.15, -0.1) is 0 Å². The Kier molecular flexibility index (Phi) is 6.29. The van der Waals surface area contributed by atoms with Gasteiger partial charge in [0.1, 0.15) is 11.4 Å². The van der Waals surface area contributed by atoms with Crippen LogP contribution in [0, 0.1) is 0 Å². The van der Waals surface area contributed by atoms with E-state index in [-0.39, 0.29) is 17.5 Å². The van der Waals surface area contributed by atoms with Gasteiger partial charge in [-0.25, -0.2) is 0 Å². The molecule has 2 aliphatic rings. The van der Waals surface area contributed by atoms with E-state index in [9.17, 15) is 9.59 Å². The maximum Gasteiger partial charge on any atom is 0.278 e. The Morgan fingerprint density at radius 3 is 2.44 bits per heavy atom. The van der Waals surface area contributed by atoms with Gasteiger partial charge < -0.3 is 14.8 Å². The molecule has 3 aromatic rings. The molecule has 5 rings (SSSR count). The van der Waals surface area contributed by atoms with Crippen molar-refractivity contribution in [1.29, 1.82) is 0 Å². The van der Waals surface area contributed by atoms with E-state index in [2.05, 4.69) is 10.2 Å². The number of amides is 2. The van der Waals surface area contributed by atoms with Crippen molar-refractivity contribution < 1.29 is 19.1 Å². The minimum absolute atomic E-state index is 0.271. The highest BCUT2D eigenvalue weighted by Crippen LogP contribution is 2.36. The smallest absolute Gasteiger partial charge is 0.278 e. The lowest BCUT2D eigenvalue weighted by Crippen LogP contribution is -2.43. The summed E-state index contributed by atoms with van der Waals surface area (Å²) in [5, 5.41) is 5.34. The second kappa shape index (κ2) is 9.67. The number of fused-ring (bicyclic) bond motifs is 1. The second-order valence-electron chi connectivity index (χ2n) is 8.32. The summed E-state index contributed by atoms with van der Waals surface area (Å²) in [6.07, 6.45) is 0. The summed E-state index contributed by atoms with van der Waals surface area (Å²) < 4.78 is 10.9. The SMILES string of the molecule is COc1ccccc1C1=C(Nc2cccc3ccccc23)C(=O)N(CCN2CCOCC2)C1=O. The van der Waals surface area contributed by atoms with E-state index >= 15 is 0 Å². The van der Waals surface area contributed by atoms with Crippen molar-refractivity contribution in [3.63, 3.8) is 0 Å². The summed E-state index contributed by atoms with van der Waals surface area (Å²) in [6.45, 7) is 3.86. The van der Waals surface area contributed by atoms with Crippen LogP contribution in [-0.2, 0) is 14.3 Å². The average Bonchev–Trinajstić information content (AvgIpc) is 3.12. The number of benzene rings is 3. The van der Waals surface area contributed by atoms with Gasteiger partial charge in [-0.1, -0.05) is 54.6 Å². The summed E-state index contributed by atoms with van der Waals surface area (Å²) in [5.74, 6) is -0.0940. The first-order chi connectivity index (χ1) is 16.7. The Hall–Kier alpha value is -3.68. The lowest BCUT2D eigenvalue weighted by atomic mass is 10.0. The first kappa shape index (κ1) is 22.1. The highest BCUT2D eigenvalue weighted by atomic mass is 16.5. The number of nitrogens with one attached hydrogen (secondary N) is 1. The van der Waals surface area contributed by atoms with Crippen LogP contribution in [0.1, 0.15) is 5.56 Å². The van der Waals surface area contributed by atoms with Gasteiger partial charge in [0.2, 0.25) is 0 Å². The largest absolute Gasteiger partial charge is 0.496 e. The molecule has 2 amide bonds. The minimum Gasteiger partial charge on any atom is -0.496 e. The van der Waals surface area contributed by atoms with E-state index < -0.39 is 0 Å². The van der Waals surface area contributed by atoms with Crippen molar-refractivity contribution in [2.24, 2.45) is 0 Å². The lowest BCUT2D eigenvalue weighted by Gasteiger charge is -2.28. The van der Waals surface area contributed by atoms with Crippen molar-refractivity contribution in [2.45, 2.75) is 0 Å². The molecule has 0 saturated carbocycles. The maximum atomic E-state index is 13.6. The zero-order chi connectivity index (χ0) is 23.5. The number of hydrogen-bond donors (Lipinski definition) is 1. The highest BCUT2D eigenvalue weighted by Gasteiger charge is 2.40. The van der Waals surface area contributed by atoms with Crippen LogP contribution in [0.4, 0.5) is 5.69 Å². The number of carbonyl (C=O) groups is 2. The van der Waals surface area contributed by atoms with E-state index in [0.717, 1.165) is 29.5 Å². The fourth-order valence-corrected chi connectivity index (χ4v) is 4.53. The van der Waals surface area contributed by atoms with Crippen LogP contribution in [0.2, 0.25) is 0 Å². The standard InChI is InChI=1S/C27H27N3O4/c1-33-23-12-5-4-10-21(23)24-25(28-22-11-6-8-19-7-2-3-9-20(19)22)27(32)30(26(24)31)14-13-29-15-17-34-18-16-29/h2-12,28H,13-18H2,1H3. The number of para-hydroxylation sites is 1. The fourth-order valence-electron chi connectivity index (χ4n) is 4.53. The van der Waals surface area contributed by atoms with Crippen molar-refractivity contribution in [3.05, 3.63) is 78.0 Å². The van der Waals surface area contributed by atoms with Crippen LogP contribution in [0.5, 0.6) is 5.75 Å². The molecule has 3 aromatic carbocycles. The first-order valence-corrected chi connectivity index (χ1v) is 11.5. The third-order valence-corrected chi connectivity index (χ3v) is 6.34. The fraction of sp³-hybridized carbons (Fsp3) is 0.259. The zero-order valence-electron chi connectivity index (χ0n) is 19.1. The zero-order valence-corrected chi connectivity index (χ0v) is 19.1. The Morgan fingerprint density at radius 2 is 1.62 bits per heavy atom. The van der Waals surface area contributed by atoms with E-state index in [1.807, 2.05) is 60.7 Å². The van der Waals surface area contributed by atoms with E-state index in [1.165, 1.54) is 4.90 Å². The molecule has 0 unspecified atom stereocenters. The molecule has 1 fully saturated rings. The van der Waals surface area contributed by atoms with Crippen LogP contribution in [0.25, 0.3) is 16.3 Å². The second-order valence-corrected chi connectivity index (χ2v) is 8.32. The van der Waals surface area contributed by atoms with E-state index in [1.54, 1.807) is 13.2 Å². The number of anilines is 1. The van der Waals surface area contributed by atoms with Crippen molar-refractivity contribution in [3.8, 4) is 5.75 Å². The lowest BCUT2D eigenvalue weighted by molar-refractivity contribution is -0.137. The van der Waals surface area contributed by atoms with E-state index in [4.69, 9.17) is 9.47 Å². The molecular weight excluding hydrogens is 430 g/mol. The molecule has 34 heavy (non-hydrogen) atoms. The quantitative estimate of drug-likeness (QED) is 0.549. The highest BCUT2D eigenvalue weighted by molar-refractivity contribution is 6.37. The van der Waals surface area contributed by atoms with Crippen LogP contribution in [0.3, 0.4) is 0 Å². The predicted octanol–water partition coefficient (Wildman–Crippen LogP) is 3.37. The Balaban J connectivity index is 1.53. The van der Waals surface area contributed by atoms with Gasteiger partial charge in [0.15, 0.2) is 0 Å². The van der Waals surface area contributed by atoms with Crippen LogP contribution >= 0.6 is 0 Å². The Morgan fingerprint density at radius 1 is 0.882 bits per heavy atom. The molecular formula is C27H27N3O4. The molecule has 1 saturated heterocycles. The number of morpholine rings is 1.